The highest BCUT2D eigenvalue weighted by Crippen LogP contribution is 2.17. The predicted molar refractivity (Wildman–Crippen MR) is 109 cm³/mol. The van der Waals surface area contributed by atoms with E-state index in [2.05, 4.69) is 20.5 Å². The minimum Gasteiger partial charge on any atom is -0.496 e. The van der Waals surface area contributed by atoms with Crippen LogP contribution in [0.3, 0.4) is 0 Å². The van der Waals surface area contributed by atoms with Crippen LogP contribution in [0.4, 0.5) is 0 Å². The molecule has 0 aliphatic heterocycles. The predicted octanol–water partition coefficient (Wildman–Crippen LogP) is 1.74. The van der Waals surface area contributed by atoms with Gasteiger partial charge in [-0.3, -0.25) is 14.6 Å². The van der Waals surface area contributed by atoms with E-state index in [4.69, 9.17) is 4.74 Å². The molecule has 0 aliphatic carbocycles. The van der Waals surface area contributed by atoms with Crippen molar-refractivity contribution in [1.29, 1.82) is 0 Å². The molecule has 1 heterocycles. The molecule has 0 aliphatic rings. The lowest BCUT2D eigenvalue weighted by Gasteiger charge is -2.11. The second-order valence-corrected chi connectivity index (χ2v) is 6.69. The number of benzene rings is 1. The van der Waals surface area contributed by atoms with Gasteiger partial charge in [0.2, 0.25) is 0 Å². The van der Waals surface area contributed by atoms with Crippen LogP contribution >= 0.6 is 0 Å². The van der Waals surface area contributed by atoms with E-state index >= 15 is 0 Å². The van der Waals surface area contributed by atoms with Gasteiger partial charge in [-0.1, -0.05) is 18.2 Å². The second-order valence-electron chi connectivity index (χ2n) is 6.69. The largest absolute Gasteiger partial charge is 0.496 e. The number of hydrogen-bond donors (Lipinski definition) is 2. The number of amides is 2. The molecular weight excluding hydrogens is 356 g/mol. The third kappa shape index (κ3) is 6.66. The van der Waals surface area contributed by atoms with Crippen LogP contribution in [0.2, 0.25) is 0 Å². The zero-order chi connectivity index (χ0) is 20.4. The van der Waals surface area contributed by atoms with Gasteiger partial charge in [0.25, 0.3) is 11.8 Å². The van der Waals surface area contributed by atoms with E-state index in [1.807, 2.05) is 38.4 Å². The summed E-state index contributed by atoms with van der Waals surface area (Å²) in [6.45, 7) is 1.93. The SMILES string of the molecule is COc1ccccc1CCNC(=O)c1cncc(C(=O)NCCCN(C)C)c1. The monoisotopic (exact) mass is 384 g/mol. The molecular formula is C21H28N4O3. The van der Waals surface area contributed by atoms with Crippen molar-refractivity contribution in [3.63, 3.8) is 0 Å². The molecule has 28 heavy (non-hydrogen) atoms. The Morgan fingerprint density at radius 1 is 1.04 bits per heavy atom. The van der Waals surface area contributed by atoms with E-state index < -0.39 is 0 Å². The fourth-order valence-electron chi connectivity index (χ4n) is 2.71. The Labute approximate surface area is 166 Å². The number of nitrogens with one attached hydrogen (secondary N) is 2. The molecule has 0 bridgehead atoms. The molecule has 0 saturated carbocycles. The van der Waals surface area contributed by atoms with Gasteiger partial charge in [-0.25, -0.2) is 0 Å². The van der Waals surface area contributed by atoms with Gasteiger partial charge in [0.05, 0.1) is 18.2 Å². The van der Waals surface area contributed by atoms with E-state index in [0.717, 1.165) is 24.3 Å². The average Bonchev–Trinajstić information content (AvgIpc) is 2.71. The van der Waals surface area contributed by atoms with Gasteiger partial charge in [-0.2, -0.15) is 0 Å². The van der Waals surface area contributed by atoms with Crippen molar-refractivity contribution in [3.8, 4) is 5.75 Å². The molecule has 1 aromatic heterocycles. The summed E-state index contributed by atoms with van der Waals surface area (Å²) in [6.07, 6.45) is 4.43. The Morgan fingerprint density at radius 2 is 1.68 bits per heavy atom. The number of para-hydroxylation sites is 1. The van der Waals surface area contributed by atoms with Crippen molar-refractivity contribution in [1.82, 2.24) is 20.5 Å². The zero-order valence-corrected chi connectivity index (χ0v) is 16.7. The topological polar surface area (TPSA) is 83.6 Å². The molecule has 0 saturated heterocycles. The third-order valence-corrected chi connectivity index (χ3v) is 4.20. The lowest BCUT2D eigenvalue weighted by atomic mass is 10.1. The van der Waals surface area contributed by atoms with E-state index in [0.29, 0.717) is 30.6 Å². The van der Waals surface area contributed by atoms with Gasteiger partial charge in [-0.05, 0) is 51.2 Å². The molecule has 0 atom stereocenters. The fourth-order valence-corrected chi connectivity index (χ4v) is 2.71. The number of rotatable bonds is 10. The lowest BCUT2D eigenvalue weighted by Crippen LogP contribution is -2.28. The Kier molecular flexibility index (Phi) is 8.42. The normalized spacial score (nSPS) is 10.6. The maximum Gasteiger partial charge on any atom is 0.252 e. The summed E-state index contributed by atoms with van der Waals surface area (Å²) in [5.41, 5.74) is 1.76. The molecule has 0 fully saturated rings. The molecule has 2 rings (SSSR count). The number of pyridine rings is 1. The minimum absolute atomic E-state index is 0.227. The van der Waals surface area contributed by atoms with Crippen LogP contribution in [0, 0.1) is 0 Å². The summed E-state index contributed by atoms with van der Waals surface area (Å²) < 4.78 is 5.31. The second kappa shape index (κ2) is 11.0. The van der Waals surface area contributed by atoms with Crippen molar-refractivity contribution in [2.45, 2.75) is 12.8 Å². The van der Waals surface area contributed by atoms with Gasteiger partial charge in [0.1, 0.15) is 5.75 Å². The molecule has 0 spiro atoms. The molecule has 2 aromatic rings. The minimum atomic E-state index is -0.260. The maximum atomic E-state index is 12.4. The van der Waals surface area contributed by atoms with Crippen molar-refractivity contribution >= 4 is 11.8 Å². The molecule has 7 heteroatoms. The van der Waals surface area contributed by atoms with E-state index in [9.17, 15) is 9.59 Å². The smallest absolute Gasteiger partial charge is 0.252 e. The van der Waals surface area contributed by atoms with Crippen LogP contribution in [0.1, 0.15) is 32.7 Å². The molecule has 7 nitrogen and oxygen atoms in total. The molecule has 150 valence electrons. The number of carbonyl (C=O) groups is 2. The molecule has 1 aromatic carbocycles. The number of aromatic nitrogens is 1. The first-order valence-corrected chi connectivity index (χ1v) is 9.29. The van der Waals surface area contributed by atoms with Gasteiger partial charge in [0.15, 0.2) is 0 Å². The summed E-state index contributed by atoms with van der Waals surface area (Å²) in [4.78, 5) is 30.7. The van der Waals surface area contributed by atoms with E-state index in [-0.39, 0.29) is 11.8 Å². The zero-order valence-electron chi connectivity index (χ0n) is 16.7. The van der Waals surface area contributed by atoms with Crippen LogP contribution in [0.5, 0.6) is 5.75 Å². The standard InChI is InChI=1S/C21H28N4O3/c1-25(2)12-6-10-23-20(26)17-13-18(15-22-14-17)21(27)24-11-9-16-7-4-5-8-19(16)28-3/h4-5,7-8,13-15H,6,9-12H2,1-3H3,(H,23,26)(H,24,27). The number of nitrogens with zero attached hydrogens (tertiary/aromatic N) is 2. The first-order chi connectivity index (χ1) is 13.5. The summed E-state index contributed by atoms with van der Waals surface area (Å²) in [6, 6.07) is 9.26. The first kappa shape index (κ1) is 21.4. The van der Waals surface area contributed by atoms with Gasteiger partial charge in [0, 0.05) is 25.5 Å². The summed E-state index contributed by atoms with van der Waals surface area (Å²) in [7, 11) is 5.60. The average molecular weight is 384 g/mol. The number of ether oxygens (including phenoxy) is 1. The molecule has 0 unspecified atom stereocenters. The summed E-state index contributed by atoms with van der Waals surface area (Å²) in [5, 5.41) is 5.70. The summed E-state index contributed by atoms with van der Waals surface area (Å²) >= 11 is 0. The number of carbonyl (C=O) groups excluding carboxylic acids is 2. The highest BCUT2D eigenvalue weighted by atomic mass is 16.5. The van der Waals surface area contributed by atoms with Crippen molar-refractivity contribution in [3.05, 3.63) is 59.4 Å². The third-order valence-electron chi connectivity index (χ3n) is 4.20. The molecule has 2 amide bonds. The fraction of sp³-hybridized carbons (Fsp3) is 0.381. The molecule has 2 N–H and O–H groups in total. The van der Waals surface area contributed by atoms with E-state index in [1.54, 1.807) is 13.2 Å². The van der Waals surface area contributed by atoms with Crippen LogP contribution in [0.15, 0.2) is 42.7 Å². The van der Waals surface area contributed by atoms with Crippen molar-refractivity contribution in [2.75, 3.05) is 40.8 Å². The lowest BCUT2D eigenvalue weighted by molar-refractivity contribution is 0.0952. The number of methoxy groups -OCH3 is 1. The van der Waals surface area contributed by atoms with Crippen LogP contribution in [0.25, 0.3) is 0 Å². The number of hydrogen-bond acceptors (Lipinski definition) is 5. The Bertz CT molecular complexity index is 793. The van der Waals surface area contributed by atoms with Gasteiger partial charge in [-0.15, -0.1) is 0 Å². The van der Waals surface area contributed by atoms with Crippen molar-refractivity contribution < 1.29 is 14.3 Å². The maximum absolute atomic E-state index is 12.4. The van der Waals surface area contributed by atoms with Crippen LogP contribution in [-0.4, -0.2) is 62.5 Å². The molecule has 0 radical (unpaired) electrons. The Morgan fingerprint density at radius 3 is 2.32 bits per heavy atom. The highest BCUT2D eigenvalue weighted by Gasteiger charge is 2.11. The van der Waals surface area contributed by atoms with E-state index in [1.165, 1.54) is 12.4 Å². The Hall–Kier alpha value is -2.93. The first-order valence-electron chi connectivity index (χ1n) is 9.29. The van der Waals surface area contributed by atoms with Crippen molar-refractivity contribution in [2.24, 2.45) is 0 Å². The van der Waals surface area contributed by atoms with Crippen LogP contribution in [-0.2, 0) is 6.42 Å². The van der Waals surface area contributed by atoms with Gasteiger partial charge >= 0.3 is 0 Å². The van der Waals surface area contributed by atoms with Crippen LogP contribution < -0.4 is 15.4 Å². The Balaban J connectivity index is 1.86. The highest BCUT2D eigenvalue weighted by molar-refractivity contribution is 5.99. The quantitative estimate of drug-likeness (QED) is 0.610. The summed E-state index contributed by atoms with van der Waals surface area (Å²) in [5.74, 6) is 0.311. The van der Waals surface area contributed by atoms with Gasteiger partial charge < -0.3 is 20.3 Å².